The minimum absolute atomic E-state index is 0.229. The van der Waals surface area contributed by atoms with Crippen molar-refractivity contribution in [3.8, 4) is 6.07 Å². The van der Waals surface area contributed by atoms with Crippen LogP contribution in [0.3, 0.4) is 0 Å². The fraction of sp³-hybridized carbons (Fsp3) is 0.250. The number of piperazine rings is 1. The van der Waals surface area contributed by atoms with Crippen molar-refractivity contribution < 1.29 is 0 Å². The maximum absolute atomic E-state index is 10.1. The fourth-order valence-corrected chi connectivity index (χ4v) is 6.00. The van der Waals surface area contributed by atoms with Gasteiger partial charge in [0.2, 0.25) is 0 Å². The Balaban J connectivity index is 1.41. The van der Waals surface area contributed by atoms with E-state index < -0.39 is 0 Å². The van der Waals surface area contributed by atoms with Gasteiger partial charge in [-0.15, -0.1) is 0 Å². The van der Waals surface area contributed by atoms with E-state index >= 15 is 0 Å². The Kier molecular flexibility index (Phi) is 6.12. The highest BCUT2D eigenvalue weighted by molar-refractivity contribution is 5.86. The van der Waals surface area contributed by atoms with Crippen molar-refractivity contribution in [2.75, 3.05) is 31.1 Å². The number of rotatable bonds is 5. The number of hydrogen-bond donors (Lipinski definition) is 0. The van der Waals surface area contributed by atoms with Crippen LogP contribution in [0.2, 0.25) is 0 Å². The Morgan fingerprint density at radius 3 is 2.03 bits per heavy atom. The minimum Gasteiger partial charge on any atom is -0.355 e. The fourth-order valence-electron chi connectivity index (χ4n) is 6.00. The lowest BCUT2D eigenvalue weighted by Crippen LogP contribution is -2.48. The summed E-state index contributed by atoms with van der Waals surface area (Å²) in [5, 5.41) is 10.1. The summed E-state index contributed by atoms with van der Waals surface area (Å²) >= 11 is 0. The lowest BCUT2D eigenvalue weighted by molar-refractivity contribution is 0.212. The summed E-state index contributed by atoms with van der Waals surface area (Å²) in [6, 6.07) is 32.6. The first-order chi connectivity index (χ1) is 18.2. The van der Waals surface area contributed by atoms with E-state index in [1.807, 2.05) is 12.1 Å². The number of hydrogen-bond acceptors (Lipinski definition) is 4. The number of aromatic nitrogens is 2. The maximum Gasteiger partial charge on any atom is 0.157 e. The molecule has 37 heavy (non-hydrogen) atoms. The van der Waals surface area contributed by atoms with E-state index in [2.05, 4.69) is 107 Å². The third-order valence-corrected chi connectivity index (χ3v) is 7.77. The number of imidazole rings is 1. The molecule has 6 rings (SSSR count). The summed E-state index contributed by atoms with van der Waals surface area (Å²) < 4.78 is 2.24. The molecule has 0 saturated carbocycles. The Labute approximate surface area is 218 Å². The molecule has 2 aromatic heterocycles. The zero-order valence-corrected chi connectivity index (χ0v) is 21.4. The van der Waals surface area contributed by atoms with Crippen LogP contribution in [0.1, 0.15) is 40.8 Å². The van der Waals surface area contributed by atoms with Crippen LogP contribution in [0.25, 0.3) is 16.7 Å². The molecule has 0 unspecified atom stereocenters. The molecule has 3 heterocycles. The van der Waals surface area contributed by atoms with Gasteiger partial charge in [-0.25, -0.2) is 4.98 Å². The summed E-state index contributed by atoms with van der Waals surface area (Å²) in [6.07, 6.45) is 0.870. The van der Waals surface area contributed by atoms with E-state index in [0.717, 1.165) is 54.8 Å². The molecule has 1 aliphatic rings. The zero-order valence-electron chi connectivity index (χ0n) is 21.4. The molecule has 5 aromatic rings. The van der Waals surface area contributed by atoms with Crippen LogP contribution in [0, 0.1) is 18.3 Å². The highest BCUT2D eigenvalue weighted by atomic mass is 15.3. The van der Waals surface area contributed by atoms with Crippen molar-refractivity contribution in [3.63, 3.8) is 0 Å². The van der Waals surface area contributed by atoms with Crippen molar-refractivity contribution in [1.29, 1.82) is 5.26 Å². The first-order valence-corrected chi connectivity index (χ1v) is 13.1. The quantitative estimate of drug-likeness (QED) is 0.300. The van der Waals surface area contributed by atoms with E-state index in [-0.39, 0.29) is 6.04 Å². The van der Waals surface area contributed by atoms with E-state index in [4.69, 9.17) is 4.98 Å². The molecule has 3 aromatic carbocycles. The van der Waals surface area contributed by atoms with E-state index in [1.165, 1.54) is 22.5 Å². The van der Waals surface area contributed by atoms with Gasteiger partial charge >= 0.3 is 0 Å². The molecule has 5 heteroatoms. The number of fused-ring (bicyclic) bond motifs is 3. The number of anilines is 1. The van der Waals surface area contributed by atoms with Crippen molar-refractivity contribution >= 4 is 22.5 Å². The largest absolute Gasteiger partial charge is 0.355 e. The van der Waals surface area contributed by atoms with Gasteiger partial charge in [0.05, 0.1) is 22.6 Å². The zero-order chi connectivity index (χ0) is 25.4. The molecule has 0 radical (unpaired) electrons. The third-order valence-electron chi connectivity index (χ3n) is 7.77. The lowest BCUT2D eigenvalue weighted by Gasteiger charge is -2.41. The standard InChI is InChI=1S/C32H31N5/c1-3-26-23(2)27(22-33)31-34-28-16-10-11-17-29(28)37(31)32(26)36-20-18-35(19-21-36)30(24-12-6-4-7-13-24)25-14-8-5-9-15-25/h4-17,30H,3,18-21H2,1-2H3. The van der Waals surface area contributed by atoms with Crippen LogP contribution in [-0.4, -0.2) is 40.5 Å². The van der Waals surface area contributed by atoms with Gasteiger partial charge in [0.15, 0.2) is 5.65 Å². The number of nitrogens with zero attached hydrogens (tertiary/aromatic N) is 5. The van der Waals surface area contributed by atoms with Crippen LogP contribution >= 0.6 is 0 Å². The predicted octanol–water partition coefficient (Wildman–Crippen LogP) is 6.14. The first kappa shape index (κ1) is 23.3. The molecule has 1 fully saturated rings. The van der Waals surface area contributed by atoms with Crippen molar-refractivity contribution in [1.82, 2.24) is 14.3 Å². The number of benzene rings is 3. The molecule has 0 bridgehead atoms. The highest BCUT2D eigenvalue weighted by Crippen LogP contribution is 2.35. The summed E-state index contributed by atoms with van der Waals surface area (Å²) in [4.78, 5) is 10.0. The lowest BCUT2D eigenvalue weighted by atomic mass is 9.96. The molecule has 184 valence electrons. The molecule has 0 atom stereocenters. The molecular weight excluding hydrogens is 454 g/mol. The van der Waals surface area contributed by atoms with Gasteiger partial charge in [0, 0.05) is 26.2 Å². The normalized spacial score (nSPS) is 14.5. The maximum atomic E-state index is 10.1. The van der Waals surface area contributed by atoms with Crippen molar-refractivity contribution in [2.24, 2.45) is 0 Å². The van der Waals surface area contributed by atoms with Gasteiger partial charge in [-0.3, -0.25) is 9.30 Å². The van der Waals surface area contributed by atoms with Crippen LogP contribution in [0.15, 0.2) is 84.9 Å². The van der Waals surface area contributed by atoms with Crippen molar-refractivity contribution in [2.45, 2.75) is 26.3 Å². The second kappa shape index (κ2) is 9.72. The summed E-state index contributed by atoms with van der Waals surface area (Å²) in [6.45, 7) is 7.99. The monoisotopic (exact) mass is 485 g/mol. The van der Waals surface area contributed by atoms with Gasteiger partial charge in [-0.05, 0) is 47.7 Å². The van der Waals surface area contributed by atoms with Crippen LogP contribution < -0.4 is 4.90 Å². The van der Waals surface area contributed by atoms with Gasteiger partial charge in [-0.2, -0.15) is 5.26 Å². The molecule has 0 N–H and O–H groups in total. The Bertz CT molecular complexity index is 1550. The molecule has 1 saturated heterocycles. The predicted molar refractivity (Wildman–Crippen MR) is 150 cm³/mol. The van der Waals surface area contributed by atoms with Gasteiger partial charge in [0.25, 0.3) is 0 Å². The number of nitriles is 1. The van der Waals surface area contributed by atoms with Crippen LogP contribution in [-0.2, 0) is 6.42 Å². The molecule has 0 aliphatic carbocycles. The van der Waals surface area contributed by atoms with Gasteiger partial charge in [-0.1, -0.05) is 79.7 Å². The second-order valence-electron chi connectivity index (χ2n) is 9.77. The number of pyridine rings is 1. The average Bonchev–Trinajstić information content (AvgIpc) is 3.33. The smallest absolute Gasteiger partial charge is 0.157 e. The van der Waals surface area contributed by atoms with E-state index in [9.17, 15) is 5.26 Å². The topological polar surface area (TPSA) is 47.6 Å². The number of para-hydroxylation sites is 2. The molecule has 0 spiro atoms. The van der Waals surface area contributed by atoms with Gasteiger partial charge in [0.1, 0.15) is 11.9 Å². The molecule has 0 amide bonds. The van der Waals surface area contributed by atoms with E-state index in [0.29, 0.717) is 5.56 Å². The Morgan fingerprint density at radius 1 is 0.838 bits per heavy atom. The Hall–Kier alpha value is -4.14. The van der Waals surface area contributed by atoms with Gasteiger partial charge < -0.3 is 4.90 Å². The Morgan fingerprint density at radius 2 is 1.43 bits per heavy atom. The highest BCUT2D eigenvalue weighted by Gasteiger charge is 2.30. The van der Waals surface area contributed by atoms with E-state index in [1.54, 1.807) is 0 Å². The second-order valence-corrected chi connectivity index (χ2v) is 9.77. The minimum atomic E-state index is 0.229. The molecular formula is C32H31N5. The molecule has 1 aliphatic heterocycles. The average molecular weight is 486 g/mol. The summed E-state index contributed by atoms with van der Waals surface area (Å²) in [7, 11) is 0. The third kappa shape index (κ3) is 3.94. The summed E-state index contributed by atoms with van der Waals surface area (Å²) in [5.41, 5.74) is 8.39. The van der Waals surface area contributed by atoms with Crippen molar-refractivity contribution in [3.05, 3.63) is 113 Å². The first-order valence-electron chi connectivity index (χ1n) is 13.1. The van der Waals surface area contributed by atoms with Crippen LogP contribution in [0.5, 0.6) is 0 Å². The molecule has 5 nitrogen and oxygen atoms in total. The SMILES string of the molecule is CCc1c(C)c(C#N)c2nc3ccccc3n2c1N1CCN(C(c2ccccc2)c2ccccc2)CC1. The van der Waals surface area contributed by atoms with Crippen LogP contribution in [0.4, 0.5) is 5.82 Å². The summed E-state index contributed by atoms with van der Waals surface area (Å²) in [5.74, 6) is 1.19.